The first-order valence-electron chi connectivity index (χ1n) is 11.5. The highest BCUT2D eigenvalue weighted by Crippen LogP contribution is 2.32. The van der Waals surface area contributed by atoms with E-state index in [1.807, 2.05) is 36.4 Å². The molecule has 0 spiro atoms. The molecule has 32 heavy (non-hydrogen) atoms. The van der Waals surface area contributed by atoms with E-state index in [-0.39, 0.29) is 0 Å². The maximum Gasteiger partial charge on any atom is 0.0977 e. The van der Waals surface area contributed by atoms with Crippen LogP contribution in [-0.4, -0.2) is 32.5 Å². The zero-order chi connectivity index (χ0) is 22.7. The second kappa shape index (κ2) is 12.5. The van der Waals surface area contributed by atoms with Crippen LogP contribution in [0, 0.1) is 0 Å². The third-order valence-electron chi connectivity index (χ3n) is 5.90. The summed E-state index contributed by atoms with van der Waals surface area (Å²) in [7, 11) is 3.48. The number of benzene rings is 3. The average Bonchev–Trinajstić information content (AvgIpc) is 2.81. The third-order valence-corrected chi connectivity index (χ3v) is 5.90. The van der Waals surface area contributed by atoms with Crippen molar-refractivity contribution in [1.29, 1.82) is 0 Å². The van der Waals surface area contributed by atoms with E-state index in [4.69, 9.17) is 9.47 Å². The Morgan fingerprint density at radius 3 is 1.47 bits per heavy atom. The molecule has 0 heterocycles. The smallest absolute Gasteiger partial charge is 0.0977 e. The van der Waals surface area contributed by atoms with E-state index in [9.17, 15) is 5.11 Å². The monoisotopic (exact) mass is 432 g/mol. The van der Waals surface area contributed by atoms with E-state index >= 15 is 0 Å². The van der Waals surface area contributed by atoms with E-state index in [1.54, 1.807) is 14.2 Å². The molecule has 0 saturated heterocycles. The summed E-state index contributed by atoms with van der Waals surface area (Å²) in [4.78, 5) is 0. The standard InChI is InChI=1S/C29H36O3/c1-31-17-9-15-26-19-27(16-10-18-32-2)21-28(20-26)29(30,22-24-11-5-3-6-12-24)23-25-13-7-4-8-14-25/h3-8,11-14,19-21,30H,9-10,15-18,22-23H2,1-2H3. The number of ether oxygens (including phenoxy) is 2. The summed E-state index contributed by atoms with van der Waals surface area (Å²) >= 11 is 0. The second-order valence-corrected chi connectivity index (χ2v) is 8.59. The van der Waals surface area contributed by atoms with Gasteiger partial charge in [0.15, 0.2) is 0 Å². The molecule has 0 fully saturated rings. The summed E-state index contributed by atoms with van der Waals surface area (Å²) in [6.45, 7) is 1.48. The maximum absolute atomic E-state index is 12.1. The van der Waals surface area contributed by atoms with Crippen LogP contribution in [0.25, 0.3) is 0 Å². The minimum atomic E-state index is -0.990. The zero-order valence-electron chi connectivity index (χ0n) is 19.4. The first-order chi connectivity index (χ1) is 15.6. The molecule has 0 amide bonds. The molecule has 3 heteroatoms. The first-order valence-corrected chi connectivity index (χ1v) is 11.5. The summed E-state index contributed by atoms with van der Waals surface area (Å²) in [5.41, 5.74) is 4.79. The predicted molar refractivity (Wildman–Crippen MR) is 131 cm³/mol. The molecule has 3 nitrogen and oxygen atoms in total. The summed E-state index contributed by atoms with van der Waals surface area (Å²) in [6.07, 6.45) is 4.95. The van der Waals surface area contributed by atoms with Gasteiger partial charge in [-0.3, -0.25) is 0 Å². The lowest BCUT2D eigenvalue weighted by Crippen LogP contribution is -2.32. The molecule has 0 aliphatic rings. The highest BCUT2D eigenvalue weighted by molar-refractivity contribution is 5.37. The highest BCUT2D eigenvalue weighted by atomic mass is 16.5. The molecule has 0 saturated carbocycles. The van der Waals surface area contributed by atoms with Crippen LogP contribution in [0.3, 0.4) is 0 Å². The van der Waals surface area contributed by atoms with Gasteiger partial charge in [0.1, 0.15) is 0 Å². The Hall–Kier alpha value is -2.46. The van der Waals surface area contributed by atoms with Gasteiger partial charge in [-0.1, -0.05) is 78.9 Å². The first kappa shape index (κ1) is 24.2. The minimum Gasteiger partial charge on any atom is -0.385 e. The van der Waals surface area contributed by atoms with Gasteiger partial charge in [-0.05, 0) is 53.5 Å². The molecule has 1 N–H and O–H groups in total. The van der Waals surface area contributed by atoms with Gasteiger partial charge in [0.25, 0.3) is 0 Å². The van der Waals surface area contributed by atoms with Crippen LogP contribution in [0.1, 0.15) is 40.7 Å². The molecule has 0 radical (unpaired) electrons. The Bertz CT molecular complexity index is 852. The summed E-state index contributed by atoms with van der Waals surface area (Å²) in [5, 5.41) is 12.1. The van der Waals surface area contributed by atoms with Gasteiger partial charge in [0.2, 0.25) is 0 Å². The SMILES string of the molecule is COCCCc1cc(CCCOC)cc(C(O)(Cc2ccccc2)Cc2ccccc2)c1. The van der Waals surface area contributed by atoms with Gasteiger partial charge >= 0.3 is 0 Å². The van der Waals surface area contributed by atoms with Gasteiger partial charge in [0.05, 0.1) is 5.60 Å². The van der Waals surface area contributed by atoms with Crippen molar-refractivity contribution in [2.24, 2.45) is 0 Å². The molecule has 3 rings (SSSR count). The van der Waals surface area contributed by atoms with Gasteiger partial charge in [-0.25, -0.2) is 0 Å². The Morgan fingerprint density at radius 1 is 0.625 bits per heavy atom. The van der Waals surface area contributed by atoms with Crippen LogP contribution < -0.4 is 0 Å². The van der Waals surface area contributed by atoms with Crippen molar-refractivity contribution in [3.8, 4) is 0 Å². The second-order valence-electron chi connectivity index (χ2n) is 8.59. The summed E-state index contributed by atoms with van der Waals surface area (Å²) < 4.78 is 10.5. The number of aliphatic hydroxyl groups is 1. The van der Waals surface area contributed by atoms with Crippen LogP contribution in [0.15, 0.2) is 78.9 Å². The lowest BCUT2D eigenvalue weighted by molar-refractivity contribution is 0.0369. The molecular formula is C29H36O3. The fourth-order valence-corrected chi connectivity index (χ4v) is 4.29. The molecule has 0 unspecified atom stereocenters. The highest BCUT2D eigenvalue weighted by Gasteiger charge is 2.31. The zero-order valence-corrected chi connectivity index (χ0v) is 19.4. The molecule has 3 aromatic rings. The van der Waals surface area contributed by atoms with E-state index in [0.717, 1.165) is 55.6 Å². The Morgan fingerprint density at radius 2 is 1.06 bits per heavy atom. The topological polar surface area (TPSA) is 38.7 Å². The Balaban J connectivity index is 1.98. The quantitative estimate of drug-likeness (QED) is 0.362. The van der Waals surface area contributed by atoms with Crippen LogP contribution in [0.5, 0.6) is 0 Å². The fourth-order valence-electron chi connectivity index (χ4n) is 4.29. The van der Waals surface area contributed by atoms with Crippen molar-refractivity contribution in [3.05, 3.63) is 107 Å². The van der Waals surface area contributed by atoms with Crippen molar-refractivity contribution < 1.29 is 14.6 Å². The molecule has 3 aromatic carbocycles. The lowest BCUT2D eigenvalue weighted by Gasteiger charge is -2.30. The largest absolute Gasteiger partial charge is 0.385 e. The lowest BCUT2D eigenvalue weighted by atomic mass is 9.80. The number of rotatable bonds is 13. The molecule has 0 bridgehead atoms. The predicted octanol–water partition coefficient (Wildman–Crippen LogP) is 5.52. The number of hydrogen-bond acceptors (Lipinski definition) is 3. The molecule has 0 atom stereocenters. The molecule has 0 aliphatic carbocycles. The van der Waals surface area contributed by atoms with Crippen LogP contribution >= 0.6 is 0 Å². The average molecular weight is 433 g/mol. The number of methoxy groups -OCH3 is 2. The normalized spacial score (nSPS) is 11.6. The van der Waals surface area contributed by atoms with E-state index in [2.05, 4.69) is 42.5 Å². The Labute approximate surface area is 193 Å². The van der Waals surface area contributed by atoms with Crippen LogP contribution in [-0.2, 0) is 40.8 Å². The molecule has 170 valence electrons. The fraction of sp³-hybridized carbons (Fsp3) is 0.379. The van der Waals surface area contributed by atoms with Gasteiger partial charge in [-0.2, -0.15) is 0 Å². The third kappa shape index (κ3) is 7.30. The van der Waals surface area contributed by atoms with Crippen molar-refractivity contribution in [3.63, 3.8) is 0 Å². The number of hydrogen-bond donors (Lipinski definition) is 1. The van der Waals surface area contributed by atoms with Crippen molar-refractivity contribution in [1.82, 2.24) is 0 Å². The van der Waals surface area contributed by atoms with Gasteiger partial charge < -0.3 is 14.6 Å². The van der Waals surface area contributed by atoms with Crippen LogP contribution in [0.2, 0.25) is 0 Å². The van der Waals surface area contributed by atoms with Crippen molar-refractivity contribution in [2.75, 3.05) is 27.4 Å². The van der Waals surface area contributed by atoms with Gasteiger partial charge in [-0.15, -0.1) is 0 Å². The molecule has 0 aliphatic heterocycles. The summed E-state index contributed by atoms with van der Waals surface area (Å²) in [5.74, 6) is 0. The van der Waals surface area contributed by atoms with E-state index in [1.165, 1.54) is 11.1 Å². The molecular weight excluding hydrogens is 396 g/mol. The minimum absolute atomic E-state index is 0.571. The number of aryl methyl sites for hydroxylation is 2. The Kier molecular flexibility index (Phi) is 9.48. The van der Waals surface area contributed by atoms with Crippen molar-refractivity contribution >= 4 is 0 Å². The maximum atomic E-state index is 12.1. The summed E-state index contributed by atoms with van der Waals surface area (Å²) in [6, 6.07) is 27.2. The van der Waals surface area contributed by atoms with Crippen LogP contribution in [0.4, 0.5) is 0 Å². The van der Waals surface area contributed by atoms with Gasteiger partial charge in [0, 0.05) is 40.3 Å². The van der Waals surface area contributed by atoms with Crippen molar-refractivity contribution in [2.45, 2.75) is 44.1 Å². The van der Waals surface area contributed by atoms with E-state index < -0.39 is 5.60 Å². The molecule has 0 aromatic heterocycles. The van der Waals surface area contributed by atoms with E-state index in [0.29, 0.717) is 12.8 Å².